The maximum atomic E-state index is 11.7. The Morgan fingerprint density at radius 2 is 2.00 bits per heavy atom. The van der Waals surface area contributed by atoms with Crippen LogP contribution in [0.2, 0.25) is 0 Å². The summed E-state index contributed by atoms with van der Waals surface area (Å²) >= 11 is 0. The minimum Gasteiger partial charge on any atom is -0.480 e. The molecule has 0 aromatic carbocycles. The molecule has 1 amide bonds. The summed E-state index contributed by atoms with van der Waals surface area (Å²) in [6, 6.07) is -0.705. The highest BCUT2D eigenvalue weighted by molar-refractivity contribution is 5.83. The predicted molar refractivity (Wildman–Crippen MR) is 65.7 cm³/mol. The van der Waals surface area contributed by atoms with Gasteiger partial charge in [0.25, 0.3) is 0 Å². The van der Waals surface area contributed by atoms with E-state index in [2.05, 4.69) is 5.32 Å². The lowest BCUT2D eigenvalue weighted by atomic mass is 10.0. The maximum absolute atomic E-state index is 11.7. The van der Waals surface area contributed by atoms with Crippen molar-refractivity contribution in [2.45, 2.75) is 64.3 Å². The zero-order valence-corrected chi connectivity index (χ0v) is 10.6. The van der Waals surface area contributed by atoms with E-state index in [9.17, 15) is 9.59 Å². The predicted octanol–water partition coefficient (Wildman–Crippen LogP) is 2.33. The van der Waals surface area contributed by atoms with Crippen LogP contribution in [-0.2, 0) is 9.59 Å². The normalized spacial score (nSPS) is 17.9. The van der Waals surface area contributed by atoms with Crippen LogP contribution >= 0.6 is 0 Å². The average Bonchev–Trinajstić information content (AvgIpc) is 2.76. The van der Waals surface area contributed by atoms with Crippen molar-refractivity contribution in [1.82, 2.24) is 5.32 Å². The molecule has 0 aliphatic heterocycles. The lowest BCUT2D eigenvalue weighted by Gasteiger charge is -2.15. The topological polar surface area (TPSA) is 66.4 Å². The van der Waals surface area contributed by atoms with Crippen LogP contribution in [-0.4, -0.2) is 23.0 Å². The van der Waals surface area contributed by atoms with Gasteiger partial charge in [0.15, 0.2) is 0 Å². The Hall–Kier alpha value is -1.06. The highest BCUT2D eigenvalue weighted by Crippen LogP contribution is 2.27. The number of amides is 1. The number of aliphatic carboxylic acids is 1. The highest BCUT2D eigenvalue weighted by atomic mass is 16.4. The van der Waals surface area contributed by atoms with E-state index >= 15 is 0 Å². The van der Waals surface area contributed by atoms with Crippen LogP contribution in [0.25, 0.3) is 0 Å². The van der Waals surface area contributed by atoms with E-state index < -0.39 is 12.0 Å². The second-order valence-corrected chi connectivity index (χ2v) is 4.96. The van der Waals surface area contributed by atoms with E-state index in [1.54, 1.807) is 0 Å². The van der Waals surface area contributed by atoms with Crippen molar-refractivity contribution in [3.8, 4) is 0 Å². The molecule has 0 heterocycles. The molecular formula is C13H23NO3. The van der Waals surface area contributed by atoms with Crippen LogP contribution in [0, 0.1) is 5.92 Å². The quantitative estimate of drug-likeness (QED) is 0.719. The molecule has 1 fully saturated rings. The number of carboxylic acid groups (broad SMARTS) is 1. The van der Waals surface area contributed by atoms with Gasteiger partial charge in [-0.05, 0) is 25.2 Å². The summed E-state index contributed by atoms with van der Waals surface area (Å²) in [7, 11) is 0. The molecule has 4 nitrogen and oxygen atoms in total. The number of unbranched alkanes of at least 4 members (excludes halogenated alkanes) is 1. The van der Waals surface area contributed by atoms with Gasteiger partial charge in [0.2, 0.25) is 5.91 Å². The van der Waals surface area contributed by atoms with E-state index in [-0.39, 0.29) is 5.91 Å². The van der Waals surface area contributed by atoms with Crippen molar-refractivity contribution in [1.29, 1.82) is 0 Å². The summed E-state index contributed by atoms with van der Waals surface area (Å²) in [4.78, 5) is 22.7. The van der Waals surface area contributed by atoms with Gasteiger partial charge in [0.05, 0.1) is 0 Å². The van der Waals surface area contributed by atoms with Crippen molar-refractivity contribution in [2.75, 3.05) is 0 Å². The molecule has 4 heteroatoms. The molecule has 17 heavy (non-hydrogen) atoms. The Kier molecular flexibility index (Phi) is 6.01. The first kappa shape index (κ1) is 14.0. The lowest BCUT2D eigenvalue weighted by Crippen LogP contribution is -2.41. The van der Waals surface area contributed by atoms with E-state index in [4.69, 9.17) is 5.11 Å². The summed E-state index contributed by atoms with van der Waals surface area (Å²) in [5.41, 5.74) is 0. The first-order valence-corrected chi connectivity index (χ1v) is 6.65. The zero-order chi connectivity index (χ0) is 12.7. The minimum atomic E-state index is -0.918. The molecule has 1 saturated carbocycles. The SMILES string of the molecule is CCCC[C@@H](NC(=O)CC1CCCC1)C(=O)O. The molecule has 0 aromatic heterocycles. The van der Waals surface area contributed by atoms with Crippen LogP contribution in [0.3, 0.4) is 0 Å². The van der Waals surface area contributed by atoms with Gasteiger partial charge < -0.3 is 10.4 Å². The van der Waals surface area contributed by atoms with Crippen molar-refractivity contribution < 1.29 is 14.7 Å². The number of carbonyl (C=O) groups excluding carboxylic acids is 1. The Labute approximate surface area is 103 Å². The monoisotopic (exact) mass is 241 g/mol. The summed E-state index contributed by atoms with van der Waals surface area (Å²) in [6.07, 6.45) is 7.44. The van der Waals surface area contributed by atoms with Gasteiger partial charge in [-0.1, -0.05) is 32.6 Å². The maximum Gasteiger partial charge on any atom is 0.326 e. The standard InChI is InChI=1S/C13H23NO3/c1-2-3-8-11(13(16)17)14-12(15)9-10-6-4-5-7-10/h10-11H,2-9H2,1H3,(H,14,15)(H,16,17)/t11-/m1/s1. The number of rotatable bonds is 7. The van der Waals surface area contributed by atoms with Crippen molar-refractivity contribution in [2.24, 2.45) is 5.92 Å². The van der Waals surface area contributed by atoms with E-state index in [1.807, 2.05) is 6.92 Å². The fourth-order valence-electron chi connectivity index (χ4n) is 2.40. The minimum absolute atomic E-state index is 0.0968. The van der Waals surface area contributed by atoms with E-state index in [0.29, 0.717) is 18.8 Å². The summed E-state index contributed by atoms with van der Waals surface area (Å²) in [5.74, 6) is -0.547. The van der Waals surface area contributed by atoms with Crippen LogP contribution in [0.5, 0.6) is 0 Å². The Morgan fingerprint density at radius 3 is 2.53 bits per heavy atom. The molecule has 1 aliphatic rings. The number of nitrogens with one attached hydrogen (secondary N) is 1. The Morgan fingerprint density at radius 1 is 1.35 bits per heavy atom. The zero-order valence-electron chi connectivity index (χ0n) is 10.6. The van der Waals surface area contributed by atoms with Gasteiger partial charge in [-0.2, -0.15) is 0 Å². The molecule has 98 valence electrons. The average molecular weight is 241 g/mol. The van der Waals surface area contributed by atoms with Gasteiger partial charge in [0.1, 0.15) is 6.04 Å². The van der Waals surface area contributed by atoms with Gasteiger partial charge in [-0.25, -0.2) is 4.79 Å². The van der Waals surface area contributed by atoms with E-state index in [0.717, 1.165) is 25.7 Å². The first-order chi connectivity index (χ1) is 8.13. The van der Waals surface area contributed by atoms with Gasteiger partial charge in [0, 0.05) is 6.42 Å². The van der Waals surface area contributed by atoms with Gasteiger partial charge >= 0.3 is 5.97 Å². The van der Waals surface area contributed by atoms with Crippen LogP contribution in [0.1, 0.15) is 58.3 Å². The molecule has 0 bridgehead atoms. The third-order valence-corrected chi connectivity index (χ3v) is 3.43. The van der Waals surface area contributed by atoms with Crippen molar-refractivity contribution >= 4 is 11.9 Å². The molecular weight excluding hydrogens is 218 g/mol. The molecule has 1 aliphatic carbocycles. The molecule has 2 N–H and O–H groups in total. The second kappa shape index (κ2) is 7.30. The third kappa shape index (κ3) is 5.20. The Balaban J connectivity index is 2.32. The third-order valence-electron chi connectivity index (χ3n) is 3.43. The molecule has 0 aromatic rings. The van der Waals surface area contributed by atoms with Crippen molar-refractivity contribution in [3.63, 3.8) is 0 Å². The summed E-state index contributed by atoms with van der Waals surface area (Å²) in [5, 5.41) is 11.6. The summed E-state index contributed by atoms with van der Waals surface area (Å²) in [6.45, 7) is 2.01. The highest BCUT2D eigenvalue weighted by Gasteiger charge is 2.22. The largest absolute Gasteiger partial charge is 0.480 e. The molecule has 0 unspecified atom stereocenters. The lowest BCUT2D eigenvalue weighted by molar-refractivity contribution is -0.142. The molecule has 0 saturated heterocycles. The fourth-order valence-corrected chi connectivity index (χ4v) is 2.40. The van der Waals surface area contributed by atoms with Crippen LogP contribution < -0.4 is 5.32 Å². The number of hydrogen-bond donors (Lipinski definition) is 2. The van der Waals surface area contributed by atoms with E-state index in [1.165, 1.54) is 12.8 Å². The van der Waals surface area contributed by atoms with Crippen LogP contribution in [0.15, 0.2) is 0 Å². The number of carboxylic acids is 1. The molecule has 1 atom stereocenters. The number of carbonyl (C=O) groups is 2. The van der Waals surface area contributed by atoms with Gasteiger partial charge in [-0.15, -0.1) is 0 Å². The van der Waals surface area contributed by atoms with Crippen LogP contribution in [0.4, 0.5) is 0 Å². The first-order valence-electron chi connectivity index (χ1n) is 6.65. The number of hydrogen-bond acceptors (Lipinski definition) is 2. The van der Waals surface area contributed by atoms with Crippen molar-refractivity contribution in [3.05, 3.63) is 0 Å². The second-order valence-electron chi connectivity index (χ2n) is 4.96. The van der Waals surface area contributed by atoms with Gasteiger partial charge in [-0.3, -0.25) is 4.79 Å². The molecule has 1 rings (SSSR count). The Bertz CT molecular complexity index is 259. The smallest absolute Gasteiger partial charge is 0.326 e. The summed E-state index contributed by atoms with van der Waals surface area (Å²) < 4.78 is 0. The fraction of sp³-hybridized carbons (Fsp3) is 0.846. The molecule has 0 spiro atoms. The molecule has 0 radical (unpaired) electrons.